The number of nitrogens with two attached hydrogens (primary N) is 2. The lowest BCUT2D eigenvalue weighted by molar-refractivity contribution is 0.599. The van der Waals surface area contributed by atoms with Crippen molar-refractivity contribution in [1.29, 1.82) is 0 Å². The summed E-state index contributed by atoms with van der Waals surface area (Å²) >= 11 is 0. The molecule has 8 nitrogen and oxygen atoms in total. The molecule has 3 rings (SSSR count). The molecule has 0 atom stereocenters. The maximum atomic E-state index is 12.6. The summed E-state index contributed by atoms with van der Waals surface area (Å²) in [7, 11) is -7.72. The largest absolute Gasteiger partial charge is 0.399 e. The second-order valence-electron chi connectivity index (χ2n) is 6.38. The molecule has 152 valence electrons. The number of hydrogen-bond donors (Lipinski definition) is 4. The zero-order valence-corrected chi connectivity index (χ0v) is 17.1. The lowest BCUT2D eigenvalue weighted by Crippen LogP contribution is -2.15. The van der Waals surface area contributed by atoms with Gasteiger partial charge in [0.15, 0.2) is 0 Å². The van der Waals surface area contributed by atoms with E-state index in [2.05, 4.69) is 9.44 Å². The van der Waals surface area contributed by atoms with Gasteiger partial charge in [0.1, 0.15) is 0 Å². The van der Waals surface area contributed by atoms with E-state index in [1.807, 2.05) is 0 Å². The van der Waals surface area contributed by atoms with E-state index in [-0.39, 0.29) is 21.2 Å². The monoisotopic (exact) mass is 432 g/mol. The second-order valence-corrected chi connectivity index (χ2v) is 9.74. The quantitative estimate of drug-likeness (QED) is 0.441. The highest BCUT2D eigenvalue weighted by Crippen LogP contribution is 2.26. The first-order chi connectivity index (χ1) is 13.6. The van der Waals surface area contributed by atoms with Crippen LogP contribution in [-0.4, -0.2) is 16.8 Å². The number of hydrogen-bond acceptors (Lipinski definition) is 6. The lowest BCUT2D eigenvalue weighted by atomic mass is 10.2. The second kappa shape index (κ2) is 7.64. The third-order valence-corrected chi connectivity index (χ3v) is 6.89. The van der Waals surface area contributed by atoms with Gasteiger partial charge in [-0.25, -0.2) is 16.8 Å². The molecular formula is C19H20N4O4S2. The van der Waals surface area contributed by atoms with Crippen LogP contribution in [0.2, 0.25) is 0 Å². The summed E-state index contributed by atoms with van der Waals surface area (Å²) in [5.41, 5.74) is 13.2. The molecule has 3 aromatic rings. The van der Waals surface area contributed by atoms with Crippen molar-refractivity contribution >= 4 is 42.8 Å². The van der Waals surface area contributed by atoms with Crippen LogP contribution >= 0.6 is 0 Å². The highest BCUT2D eigenvalue weighted by Gasteiger charge is 2.18. The van der Waals surface area contributed by atoms with Crippen molar-refractivity contribution in [3.8, 4) is 0 Å². The molecule has 0 spiro atoms. The van der Waals surface area contributed by atoms with Crippen molar-refractivity contribution in [1.82, 2.24) is 0 Å². The number of benzene rings is 3. The van der Waals surface area contributed by atoms with Crippen molar-refractivity contribution in [2.24, 2.45) is 0 Å². The maximum absolute atomic E-state index is 12.6. The first kappa shape index (κ1) is 20.5. The third kappa shape index (κ3) is 4.79. The molecule has 3 aromatic carbocycles. The van der Waals surface area contributed by atoms with Crippen molar-refractivity contribution in [2.45, 2.75) is 16.7 Å². The Labute approximate surface area is 169 Å². The Hall–Kier alpha value is -3.24. The molecule has 0 aliphatic heterocycles. The predicted molar refractivity (Wildman–Crippen MR) is 115 cm³/mol. The van der Waals surface area contributed by atoms with Gasteiger partial charge in [-0.3, -0.25) is 9.44 Å². The first-order valence-electron chi connectivity index (χ1n) is 8.44. The molecule has 0 radical (unpaired) electrons. The number of aryl methyl sites for hydroxylation is 1. The standard InChI is InChI=1S/C19H20N4O4S2/c1-13-2-7-16(22-28(24,25)17-8-3-14(20)4-9-17)12-19(13)23-29(26,27)18-10-5-15(21)6-11-18/h2-12,22-23H,20-21H2,1H3. The van der Waals surface area contributed by atoms with Crippen LogP contribution in [0.25, 0.3) is 0 Å². The SMILES string of the molecule is Cc1ccc(NS(=O)(=O)c2ccc(N)cc2)cc1NS(=O)(=O)c1ccc(N)cc1. The third-order valence-electron chi connectivity index (χ3n) is 4.11. The summed E-state index contributed by atoms with van der Waals surface area (Å²) < 4.78 is 55.2. The lowest BCUT2D eigenvalue weighted by Gasteiger charge is -2.14. The number of nitrogens with one attached hydrogen (secondary N) is 2. The fourth-order valence-electron chi connectivity index (χ4n) is 2.51. The predicted octanol–water partition coefficient (Wildman–Crippen LogP) is 2.76. The Morgan fingerprint density at radius 1 is 0.655 bits per heavy atom. The fourth-order valence-corrected chi connectivity index (χ4v) is 4.68. The smallest absolute Gasteiger partial charge is 0.261 e. The van der Waals surface area contributed by atoms with Crippen LogP contribution in [0.15, 0.2) is 76.5 Å². The van der Waals surface area contributed by atoms with Gasteiger partial charge in [-0.15, -0.1) is 0 Å². The van der Waals surface area contributed by atoms with Gasteiger partial charge in [0, 0.05) is 11.4 Å². The van der Waals surface area contributed by atoms with Gasteiger partial charge < -0.3 is 11.5 Å². The summed E-state index contributed by atoms with van der Waals surface area (Å²) in [5.74, 6) is 0. The number of rotatable bonds is 6. The molecule has 29 heavy (non-hydrogen) atoms. The van der Waals surface area contributed by atoms with E-state index < -0.39 is 20.0 Å². The highest BCUT2D eigenvalue weighted by molar-refractivity contribution is 7.93. The first-order valence-corrected chi connectivity index (χ1v) is 11.4. The molecular weight excluding hydrogens is 412 g/mol. The highest BCUT2D eigenvalue weighted by atomic mass is 32.2. The van der Waals surface area contributed by atoms with Gasteiger partial charge in [0.05, 0.1) is 21.2 Å². The molecule has 0 aromatic heterocycles. The van der Waals surface area contributed by atoms with E-state index in [1.54, 1.807) is 19.1 Å². The molecule has 0 heterocycles. The van der Waals surface area contributed by atoms with Crippen molar-refractivity contribution in [3.63, 3.8) is 0 Å². The Morgan fingerprint density at radius 2 is 1.10 bits per heavy atom. The van der Waals surface area contributed by atoms with Crippen LogP contribution in [-0.2, 0) is 20.0 Å². The van der Waals surface area contributed by atoms with E-state index >= 15 is 0 Å². The van der Waals surface area contributed by atoms with E-state index in [0.29, 0.717) is 16.9 Å². The summed E-state index contributed by atoms with van der Waals surface area (Å²) in [6, 6.07) is 16.1. The topological polar surface area (TPSA) is 144 Å². The van der Waals surface area contributed by atoms with E-state index in [0.717, 1.165) is 0 Å². The Bertz CT molecular complexity index is 1240. The number of nitrogen functional groups attached to an aromatic ring is 2. The van der Waals surface area contributed by atoms with Gasteiger partial charge in [-0.1, -0.05) is 6.07 Å². The minimum atomic E-state index is -3.87. The van der Waals surface area contributed by atoms with Gasteiger partial charge in [0.25, 0.3) is 20.0 Å². The van der Waals surface area contributed by atoms with E-state index in [9.17, 15) is 16.8 Å². The average molecular weight is 433 g/mol. The van der Waals surface area contributed by atoms with Crippen LogP contribution < -0.4 is 20.9 Å². The van der Waals surface area contributed by atoms with Crippen LogP contribution in [0.4, 0.5) is 22.7 Å². The maximum Gasteiger partial charge on any atom is 0.261 e. The van der Waals surface area contributed by atoms with Gasteiger partial charge in [-0.05, 0) is 73.2 Å². The van der Waals surface area contributed by atoms with E-state index in [1.165, 1.54) is 54.6 Å². The zero-order valence-electron chi connectivity index (χ0n) is 15.5. The molecule has 0 bridgehead atoms. The average Bonchev–Trinajstić information content (AvgIpc) is 2.65. The zero-order chi connectivity index (χ0) is 21.2. The molecule has 0 amide bonds. The summed E-state index contributed by atoms with van der Waals surface area (Å²) in [6.07, 6.45) is 0. The van der Waals surface area contributed by atoms with Crippen LogP contribution in [0.5, 0.6) is 0 Å². The Morgan fingerprint density at radius 3 is 1.59 bits per heavy atom. The molecule has 0 aliphatic carbocycles. The van der Waals surface area contributed by atoms with Crippen molar-refractivity contribution in [3.05, 3.63) is 72.3 Å². The summed E-state index contributed by atoms with van der Waals surface area (Å²) in [6.45, 7) is 1.71. The minimum Gasteiger partial charge on any atom is -0.399 e. The number of sulfonamides is 2. The molecule has 0 unspecified atom stereocenters. The molecule has 0 saturated heterocycles. The normalized spacial score (nSPS) is 11.8. The van der Waals surface area contributed by atoms with Gasteiger partial charge in [-0.2, -0.15) is 0 Å². The molecule has 0 aliphatic rings. The van der Waals surface area contributed by atoms with Crippen molar-refractivity contribution in [2.75, 3.05) is 20.9 Å². The van der Waals surface area contributed by atoms with Gasteiger partial charge >= 0.3 is 0 Å². The van der Waals surface area contributed by atoms with Crippen LogP contribution in [0, 0.1) is 6.92 Å². The Kier molecular flexibility index (Phi) is 5.40. The summed E-state index contributed by atoms with van der Waals surface area (Å²) in [4.78, 5) is 0.0789. The Balaban J connectivity index is 1.88. The summed E-state index contributed by atoms with van der Waals surface area (Å²) in [5, 5.41) is 0. The van der Waals surface area contributed by atoms with E-state index in [4.69, 9.17) is 11.5 Å². The number of anilines is 4. The van der Waals surface area contributed by atoms with Crippen molar-refractivity contribution < 1.29 is 16.8 Å². The molecule has 0 saturated carbocycles. The van der Waals surface area contributed by atoms with Crippen LogP contribution in [0.1, 0.15) is 5.56 Å². The molecule has 10 heteroatoms. The molecule has 6 N–H and O–H groups in total. The fraction of sp³-hybridized carbons (Fsp3) is 0.0526. The van der Waals surface area contributed by atoms with Gasteiger partial charge in [0.2, 0.25) is 0 Å². The molecule has 0 fully saturated rings. The van der Waals surface area contributed by atoms with Crippen LogP contribution in [0.3, 0.4) is 0 Å². The minimum absolute atomic E-state index is 0.0382.